The Morgan fingerprint density at radius 2 is 1.45 bits per heavy atom. The molecular weight excluding hydrogens is 554 g/mol. The minimum atomic E-state index is -3.86. The van der Waals surface area contributed by atoms with E-state index in [1.54, 1.807) is 30.3 Å². The normalized spacial score (nSPS) is 11.5. The topological polar surface area (TPSA) is 119 Å². The summed E-state index contributed by atoms with van der Waals surface area (Å²) in [7, 11) is -3.86. The summed E-state index contributed by atoms with van der Waals surface area (Å²) < 4.78 is 37.9. The van der Waals surface area contributed by atoms with Crippen LogP contribution in [0.2, 0.25) is 0 Å². The molecule has 0 aliphatic rings. The van der Waals surface area contributed by atoms with Crippen LogP contribution in [0.25, 0.3) is 0 Å². The van der Waals surface area contributed by atoms with Crippen molar-refractivity contribution in [3.8, 4) is 11.5 Å². The summed E-state index contributed by atoms with van der Waals surface area (Å²) in [4.78, 5) is 23.9. The van der Waals surface area contributed by atoms with Gasteiger partial charge in [-0.25, -0.2) is 18.0 Å². The predicted molar refractivity (Wildman–Crippen MR) is 159 cm³/mol. The van der Waals surface area contributed by atoms with Crippen LogP contribution in [-0.2, 0) is 27.4 Å². The van der Waals surface area contributed by atoms with E-state index in [9.17, 15) is 23.1 Å². The van der Waals surface area contributed by atoms with Crippen molar-refractivity contribution in [1.29, 1.82) is 0 Å². The standard InChI is InChI=1S/C33H33NO7S/c1-33(2,21-19-24-9-4-3-5-10-24)41-32(37)34-22-20-25-15-17-27(18-16-25)42(38,39)28-12-8-11-26(23-28)40-30-14-7-6-13-29(30)31(35)36/h3-18,23H,19-22H2,1-2H3,(H,34,37)(H,35,36). The van der Waals surface area contributed by atoms with Crippen LogP contribution in [0.1, 0.15) is 41.8 Å². The van der Waals surface area contributed by atoms with Crippen molar-refractivity contribution in [3.05, 3.63) is 120 Å². The number of carboxylic acid groups (broad SMARTS) is 1. The molecule has 42 heavy (non-hydrogen) atoms. The maximum atomic E-state index is 13.3. The Morgan fingerprint density at radius 1 is 0.786 bits per heavy atom. The smallest absolute Gasteiger partial charge is 0.407 e. The number of alkyl carbamates (subject to hydrolysis) is 1. The maximum absolute atomic E-state index is 13.3. The molecule has 4 aromatic carbocycles. The van der Waals surface area contributed by atoms with Gasteiger partial charge in [0.15, 0.2) is 0 Å². The summed E-state index contributed by atoms with van der Waals surface area (Å²) in [6.45, 7) is 4.09. The molecule has 0 aromatic heterocycles. The van der Waals surface area contributed by atoms with Crippen LogP contribution in [-0.4, -0.2) is 37.7 Å². The lowest BCUT2D eigenvalue weighted by Gasteiger charge is -2.25. The first kappa shape index (κ1) is 30.3. The second-order valence-corrected chi connectivity index (χ2v) is 12.3. The average Bonchev–Trinajstić information content (AvgIpc) is 2.97. The third kappa shape index (κ3) is 8.20. The Balaban J connectivity index is 1.31. The zero-order chi connectivity index (χ0) is 30.2. The lowest BCUT2D eigenvalue weighted by molar-refractivity contribution is 0.0331. The summed E-state index contributed by atoms with van der Waals surface area (Å²) in [5, 5.41) is 12.1. The first-order valence-corrected chi connectivity index (χ1v) is 15.0. The van der Waals surface area contributed by atoms with Crippen molar-refractivity contribution >= 4 is 21.9 Å². The van der Waals surface area contributed by atoms with E-state index in [0.717, 1.165) is 12.0 Å². The molecule has 0 saturated heterocycles. The molecule has 0 fully saturated rings. The van der Waals surface area contributed by atoms with Crippen LogP contribution in [0.15, 0.2) is 113 Å². The molecule has 4 aromatic rings. The highest BCUT2D eigenvalue weighted by molar-refractivity contribution is 7.91. The monoisotopic (exact) mass is 587 g/mol. The molecule has 0 heterocycles. The zero-order valence-corrected chi connectivity index (χ0v) is 24.3. The minimum absolute atomic E-state index is 0.0137. The summed E-state index contributed by atoms with van der Waals surface area (Å²) in [6, 6.07) is 28.5. The van der Waals surface area contributed by atoms with E-state index in [-0.39, 0.29) is 26.9 Å². The van der Waals surface area contributed by atoms with Crippen LogP contribution in [0, 0.1) is 0 Å². The molecule has 0 aliphatic heterocycles. The quantitative estimate of drug-likeness (QED) is 0.190. The lowest BCUT2D eigenvalue weighted by Crippen LogP contribution is -2.35. The number of aryl methyl sites for hydroxylation is 1. The highest BCUT2D eigenvalue weighted by atomic mass is 32.2. The van der Waals surface area contributed by atoms with E-state index in [0.29, 0.717) is 19.4 Å². The molecule has 0 atom stereocenters. The number of carbonyl (C=O) groups excluding carboxylic acids is 1. The Hall–Kier alpha value is -4.63. The van der Waals surface area contributed by atoms with Gasteiger partial charge in [-0.15, -0.1) is 0 Å². The van der Waals surface area contributed by atoms with Crippen molar-refractivity contribution in [2.24, 2.45) is 0 Å². The van der Waals surface area contributed by atoms with Gasteiger partial charge in [0.25, 0.3) is 0 Å². The number of hydrogen-bond donors (Lipinski definition) is 2. The lowest BCUT2D eigenvalue weighted by atomic mass is 9.99. The number of carboxylic acids is 1. The molecular formula is C33H33NO7S. The van der Waals surface area contributed by atoms with Gasteiger partial charge in [0.1, 0.15) is 22.7 Å². The number of aromatic carboxylic acids is 1. The summed E-state index contributed by atoms with van der Waals surface area (Å²) in [6.07, 6.45) is 1.48. The molecule has 0 radical (unpaired) electrons. The average molecular weight is 588 g/mol. The fourth-order valence-corrected chi connectivity index (χ4v) is 5.57. The van der Waals surface area contributed by atoms with Crippen molar-refractivity contribution in [1.82, 2.24) is 5.32 Å². The van der Waals surface area contributed by atoms with Crippen LogP contribution < -0.4 is 10.1 Å². The van der Waals surface area contributed by atoms with E-state index in [2.05, 4.69) is 5.32 Å². The van der Waals surface area contributed by atoms with E-state index >= 15 is 0 Å². The number of nitrogens with one attached hydrogen (secondary N) is 1. The van der Waals surface area contributed by atoms with E-state index in [4.69, 9.17) is 9.47 Å². The first-order chi connectivity index (χ1) is 20.0. The second-order valence-electron chi connectivity index (χ2n) is 10.3. The SMILES string of the molecule is CC(C)(CCc1ccccc1)OC(=O)NCCc1ccc(S(=O)(=O)c2cccc(Oc3ccccc3C(=O)O)c2)cc1. The molecule has 0 bridgehead atoms. The van der Waals surface area contributed by atoms with Gasteiger partial charge < -0.3 is 19.9 Å². The third-order valence-electron chi connectivity index (χ3n) is 6.61. The number of carbonyl (C=O) groups is 2. The Labute approximate surface area is 245 Å². The molecule has 2 N–H and O–H groups in total. The third-order valence-corrected chi connectivity index (χ3v) is 8.37. The van der Waals surface area contributed by atoms with Crippen molar-refractivity contribution in [2.75, 3.05) is 6.54 Å². The molecule has 0 aliphatic carbocycles. The van der Waals surface area contributed by atoms with Crippen LogP contribution in [0.5, 0.6) is 11.5 Å². The van der Waals surface area contributed by atoms with Gasteiger partial charge in [-0.1, -0.05) is 60.7 Å². The van der Waals surface area contributed by atoms with E-state index in [1.165, 1.54) is 48.0 Å². The fourth-order valence-electron chi connectivity index (χ4n) is 4.27. The molecule has 0 unspecified atom stereocenters. The van der Waals surface area contributed by atoms with Gasteiger partial charge in [-0.05, 0) is 86.7 Å². The molecule has 8 nitrogen and oxygen atoms in total. The van der Waals surface area contributed by atoms with Gasteiger partial charge in [-0.3, -0.25) is 0 Å². The molecule has 4 rings (SSSR count). The molecule has 1 amide bonds. The van der Waals surface area contributed by atoms with Crippen molar-refractivity contribution in [2.45, 2.75) is 48.5 Å². The molecule has 0 spiro atoms. The summed E-state index contributed by atoms with van der Waals surface area (Å²) in [5.41, 5.74) is 1.37. The number of benzene rings is 4. The van der Waals surface area contributed by atoms with Gasteiger partial charge in [0.05, 0.1) is 9.79 Å². The summed E-state index contributed by atoms with van der Waals surface area (Å²) >= 11 is 0. The number of ether oxygens (including phenoxy) is 2. The van der Waals surface area contributed by atoms with Crippen LogP contribution >= 0.6 is 0 Å². The minimum Gasteiger partial charge on any atom is -0.478 e. The number of amides is 1. The van der Waals surface area contributed by atoms with Gasteiger partial charge in [0.2, 0.25) is 9.84 Å². The molecule has 218 valence electrons. The number of rotatable bonds is 12. The van der Waals surface area contributed by atoms with Crippen LogP contribution in [0.3, 0.4) is 0 Å². The van der Waals surface area contributed by atoms with Crippen molar-refractivity contribution in [3.63, 3.8) is 0 Å². The predicted octanol–water partition coefficient (Wildman–Crippen LogP) is 6.69. The highest BCUT2D eigenvalue weighted by Gasteiger charge is 2.23. The van der Waals surface area contributed by atoms with E-state index in [1.807, 2.05) is 44.2 Å². The second kappa shape index (κ2) is 13.4. The Bertz CT molecular complexity index is 1630. The first-order valence-electron chi connectivity index (χ1n) is 13.5. The van der Waals surface area contributed by atoms with Gasteiger partial charge in [-0.2, -0.15) is 0 Å². The Morgan fingerprint density at radius 3 is 2.17 bits per heavy atom. The largest absolute Gasteiger partial charge is 0.478 e. The number of sulfone groups is 1. The Kier molecular flexibility index (Phi) is 9.64. The number of hydrogen-bond acceptors (Lipinski definition) is 6. The summed E-state index contributed by atoms with van der Waals surface area (Å²) in [5.74, 6) is -0.844. The highest BCUT2D eigenvalue weighted by Crippen LogP contribution is 2.29. The van der Waals surface area contributed by atoms with Gasteiger partial charge in [0, 0.05) is 6.54 Å². The molecule has 9 heteroatoms. The van der Waals surface area contributed by atoms with Crippen molar-refractivity contribution < 1.29 is 32.6 Å². The van der Waals surface area contributed by atoms with E-state index < -0.39 is 27.5 Å². The molecule has 0 saturated carbocycles. The van der Waals surface area contributed by atoms with Crippen LogP contribution in [0.4, 0.5) is 4.79 Å². The maximum Gasteiger partial charge on any atom is 0.407 e. The fraction of sp³-hybridized carbons (Fsp3) is 0.212. The number of para-hydroxylation sites is 1. The zero-order valence-electron chi connectivity index (χ0n) is 23.4. The van der Waals surface area contributed by atoms with Gasteiger partial charge >= 0.3 is 12.1 Å².